The Kier molecular flexibility index (Phi) is 28.2. The molecule has 0 bridgehead atoms. The summed E-state index contributed by atoms with van der Waals surface area (Å²) >= 11 is 0. The van der Waals surface area contributed by atoms with Crippen LogP contribution in [0.25, 0.3) is 0 Å². The topological polar surface area (TPSA) is 0 Å². The van der Waals surface area contributed by atoms with Crippen LogP contribution in [0.4, 0.5) is 0 Å². The molecule has 0 aromatic heterocycles. The van der Waals surface area contributed by atoms with Crippen molar-refractivity contribution in [3.05, 3.63) is 0 Å². The lowest BCUT2D eigenvalue weighted by Crippen LogP contribution is -1.95. The monoisotopic (exact) mass is 465 g/mol. The number of unbranched alkanes of at least 4 members (excludes halogenated alkanes) is 20. The number of hydrogen-bond acceptors (Lipinski definition) is 0. The van der Waals surface area contributed by atoms with E-state index in [1.54, 1.807) is 0 Å². The first-order chi connectivity index (χ1) is 16.2. The van der Waals surface area contributed by atoms with E-state index in [1.807, 2.05) is 0 Å². The van der Waals surface area contributed by atoms with E-state index in [4.69, 9.17) is 0 Å². The van der Waals surface area contributed by atoms with Crippen LogP contribution in [-0.2, 0) is 0 Å². The predicted octanol–water partition coefficient (Wildman–Crippen LogP) is 12.8. The third kappa shape index (κ3) is 28.1. The third-order valence-electron chi connectivity index (χ3n) is 7.99. The Balaban J connectivity index is 3.19. The zero-order valence-corrected chi connectivity index (χ0v) is 24.2. The molecule has 0 rings (SSSR count). The van der Waals surface area contributed by atoms with Gasteiger partial charge in [-0.1, -0.05) is 201 Å². The first-order valence-corrected chi connectivity index (χ1v) is 16.2. The minimum Gasteiger partial charge on any atom is -0.0654 e. The molecule has 0 radical (unpaired) electrons. The Hall–Kier alpha value is 0. The quantitative estimate of drug-likeness (QED) is 0.101. The second-order valence-electron chi connectivity index (χ2n) is 11.8. The largest absolute Gasteiger partial charge is 0.0654 e. The lowest BCUT2D eigenvalue weighted by atomic mass is 9.95. The van der Waals surface area contributed by atoms with Crippen LogP contribution in [0.5, 0.6) is 0 Å². The van der Waals surface area contributed by atoms with Crippen molar-refractivity contribution in [2.45, 2.75) is 201 Å². The molecule has 200 valence electrons. The van der Waals surface area contributed by atoms with Crippen LogP contribution < -0.4 is 0 Å². The molecule has 0 saturated heterocycles. The van der Waals surface area contributed by atoms with Crippen LogP contribution in [-0.4, -0.2) is 0 Å². The average molecular weight is 465 g/mol. The molecule has 0 spiro atoms. The molecule has 0 aliphatic carbocycles. The number of rotatable bonds is 28. The van der Waals surface area contributed by atoms with E-state index in [0.717, 1.165) is 11.8 Å². The van der Waals surface area contributed by atoms with Gasteiger partial charge in [0, 0.05) is 0 Å². The van der Waals surface area contributed by atoms with Gasteiger partial charge >= 0.3 is 0 Å². The molecule has 0 N–H and O–H groups in total. The van der Waals surface area contributed by atoms with Gasteiger partial charge in [0.15, 0.2) is 0 Å². The van der Waals surface area contributed by atoms with Crippen molar-refractivity contribution in [1.29, 1.82) is 0 Å². The van der Waals surface area contributed by atoms with Gasteiger partial charge in [0.2, 0.25) is 0 Å². The van der Waals surface area contributed by atoms with Crippen LogP contribution >= 0.6 is 0 Å². The Morgan fingerprint density at radius 3 is 0.667 bits per heavy atom. The Morgan fingerprint density at radius 2 is 0.455 bits per heavy atom. The maximum Gasteiger partial charge on any atom is -0.0443 e. The van der Waals surface area contributed by atoms with Crippen molar-refractivity contribution >= 4 is 0 Å². The summed E-state index contributed by atoms with van der Waals surface area (Å²) in [5.74, 6) is 1.93. The van der Waals surface area contributed by atoms with E-state index >= 15 is 0 Å². The van der Waals surface area contributed by atoms with Crippen molar-refractivity contribution in [3.63, 3.8) is 0 Å². The summed E-state index contributed by atoms with van der Waals surface area (Å²) in [6, 6.07) is 0. The molecule has 0 fully saturated rings. The summed E-state index contributed by atoms with van der Waals surface area (Å²) in [4.78, 5) is 0. The Labute approximate surface area is 212 Å². The van der Waals surface area contributed by atoms with Crippen LogP contribution in [0.1, 0.15) is 201 Å². The fourth-order valence-corrected chi connectivity index (χ4v) is 5.41. The maximum absolute atomic E-state index is 2.49. The molecule has 0 aromatic carbocycles. The lowest BCUT2D eigenvalue weighted by molar-refractivity contribution is 0.427. The lowest BCUT2D eigenvalue weighted by Gasteiger charge is -2.11. The standard InChI is InChI=1S/C33H68/c1-5-7-9-11-20-24-28-32(3)30-26-22-18-16-14-13-15-17-19-23-27-31-33(4)29-25-21-12-10-8-6-2/h32-33H,5-31H2,1-4H3. The highest BCUT2D eigenvalue weighted by Crippen LogP contribution is 2.20. The molecule has 2 atom stereocenters. The molecule has 0 amide bonds. The van der Waals surface area contributed by atoms with Gasteiger partial charge in [0.1, 0.15) is 0 Å². The molecule has 33 heavy (non-hydrogen) atoms. The number of hydrogen-bond donors (Lipinski definition) is 0. The minimum absolute atomic E-state index is 0.967. The Morgan fingerprint density at radius 1 is 0.273 bits per heavy atom. The zero-order chi connectivity index (χ0) is 24.2. The second-order valence-corrected chi connectivity index (χ2v) is 11.8. The molecular formula is C33H68. The van der Waals surface area contributed by atoms with Gasteiger partial charge < -0.3 is 0 Å². The molecule has 0 heterocycles. The molecular weight excluding hydrogens is 396 g/mol. The van der Waals surface area contributed by atoms with Gasteiger partial charge in [0.25, 0.3) is 0 Å². The molecule has 2 unspecified atom stereocenters. The van der Waals surface area contributed by atoms with E-state index in [9.17, 15) is 0 Å². The molecule has 0 aromatic rings. The van der Waals surface area contributed by atoms with Gasteiger partial charge in [-0.3, -0.25) is 0 Å². The molecule has 0 saturated carbocycles. The van der Waals surface area contributed by atoms with Crippen molar-refractivity contribution in [1.82, 2.24) is 0 Å². The van der Waals surface area contributed by atoms with Crippen LogP contribution in [0.2, 0.25) is 0 Å². The highest BCUT2D eigenvalue weighted by Gasteiger charge is 2.03. The van der Waals surface area contributed by atoms with E-state index in [0.29, 0.717) is 0 Å². The van der Waals surface area contributed by atoms with Gasteiger partial charge in [0.05, 0.1) is 0 Å². The minimum atomic E-state index is 0.967. The van der Waals surface area contributed by atoms with E-state index in [-0.39, 0.29) is 0 Å². The SMILES string of the molecule is CCCCCCCCC(C)CCCCCCCCCCCCCC(C)CCCCCCCC. The first kappa shape index (κ1) is 33.0. The summed E-state index contributed by atoms with van der Waals surface area (Å²) < 4.78 is 0. The fraction of sp³-hybridized carbons (Fsp3) is 1.00. The van der Waals surface area contributed by atoms with Crippen molar-refractivity contribution < 1.29 is 0 Å². The van der Waals surface area contributed by atoms with Crippen molar-refractivity contribution in [2.24, 2.45) is 11.8 Å². The van der Waals surface area contributed by atoms with Crippen LogP contribution in [0.3, 0.4) is 0 Å². The van der Waals surface area contributed by atoms with Crippen LogP contribution in [0, 0.1) is 11.8 Å². The summed E-state index contributed by atoms with van der Waals surface area (Å²) in [6.07, 6.45) is 39.6. The normalized spacial score (nSPS) is 13.5. The smallest absolute Gasteiger partial charge is 0.0443 e. The van der Waals surface area contributed by atoms with Gasteiger partial charge in [-0.25, -0.2) is 0 Å². The molecule has 0 heteroatoms. The highest BCUT2D eigenvalue weighted by molar-refractivity contribution is 4.57. The molecule has 0 aliphatic rings. The van der Waals surface area contributed by atoms with Gasteiger partial charge in [-0.2, -0.15) is 0 Å². The maximum atomic E-state index is 2.49. The van der Waals surface area contributed by atoms with Crippen LogP contribution in [0.15, 0.2) is 0 Å². The first-order valence-electron chi connectivity index (χ1n) is 16.2. The van der Waals surface area contributed by atoms with Gasteiger partial charge in [-0.05, 0) is 11.8 Å². The summed E-state index contributed by atoms with van der Waals surface area (Å²) in [5.41, 5.74) is 0. The predicted molar refractivity (Wildman–Crippen MR) is 154 cm³/mol. The summed E-state index contributed by atoms with van der Waals surface area (Å²) in [7, 11) is 0. The van der Waals surface area contributed by atoms with E-state index in [1.165, 1.54) is 173 Å². The van der Waals surface area contributed by atoms with Gasteiger partial charge in [-0.15, -0.1) is 0 Å². The Bertz CT molecular complexity index is 301. The van der Waals surface area contributed by atoms with Crippen molar-refractivity contribution in [3.8, 4) is 0 Å². The fourth-order valence-electron chi connectivity index (χ4n) is 5.41. The summed E-state index contributed by atoms with van der Waals surface area (Å²) in [6.45, 7) is 9.59. The second kappa shape index (κ2) is 28.2. The van der Waals surface area contributed by atoms with E-state index in [2.05, 4.69) is 27.7 Å². The zero-order valence-electron chi connectivity index (χ0n) is 24.2. The van der Waals surface area contributed by atoms with E-state index < -0.39 is 0 Å². The summed E-state index contributed by atoms with van der Waals surface area (Å²) in [5, 5.41) is 0. The molecule has 0 aliphatic heterocycles. The molecule has 0 nitrogen and oxygen atoms in total. The van der Waals surface area contributed by atoms with Crippen molar-refractivity contribution in [2.75, 3.05) is 0 Å². The average Bonchev–Trinajstić information content (AvgIpc) is 2.81. The third-order valence-corrected chi connectivity index (χ3v) is 7.99. The highest BCUT2D eigenvalue weighted by atomic mass is 14.1.